The second-order valence-corrected chi connectivity index (χ2v) is 4.82. The van der Waals surface area contributed by atoms with Gasteiger partial charge in [0, 0.05) is 32.0 Å². The molecule has 1 aromatic heterocycles. The number of pyridine rings is 1. The van der Waals surface area contributed by atoms with Crippen molar-refractivity contribution in [1.82, 2.24) is 9.88 Å². The summed E-state index contributed by atoms with van der Waals surface area (Å²) in [4.78, 5) is 17.8. The summed E-state index contributed by atoms with van der Waals surface area (Å²) in [6, 6.07) is 1.76. The minimum atomic E-state index is -0.0836. The Labute approximate surface area is 106 Å². The van der Waals surface area contributed by atoms with E-state index < -0.39 is 0 Å². The number of hydrogen-bond acceptors (Lipinski definition) is 3. The van der Waals surface area contributed by atoms with Crippen molar-refractivity contribution in [2.45, 2.75) is 18.9 Å². The maximum atomic E-state index is 12.3. The molecule has 0 radical (unpaired) electrons. The zero-order valence-electron chi connectivity index (χ0n) is 9.77. The van der Waals surface area contributed by atoms with Crippen LogP contribution in [0.5, 0.6) is 0 Å². The quantitative estimate of drug-likeness (QED) is 0.886. The molecule has 1 aliphatic rings. The molecule has 17 heavy (non-hydrogen) atoms. The van der Waals surface area contributed by atoms with Crippen LogP contribution in [0.4, 0.5) is 0 Å². The molecule has 2 N–H and O–H groups in total. The molecule has 0 aromatic carbocycles. The molecule has 0 aliphatic heterocycles. The van der Waals surface area contributed by atoms with Gasteiger partial charge in [0.1, 0.15) is 0 Å². The van der Waals surface area contributed by atoms with Gasteiger partial charge in [-0.05, 0) is 24.8 Å². The van der Waals surface area contributed by atoms with Crippen molar-refractivity contribution in [2.75, 3.05) is 13.6 Å². The molecule has 1 heterocycles. The third-order valence-corrected chi connectivity index (χ3v) is 3.53. The van der Waals surface area contributed by atoms with Crippen LogP contribution in [0.25, 0.3) is 0 Å². The molecule has 1 aromatic rings. The molecule has 92 valence electrons. The highest BCUT2D eigenvalue weighted by molar-refractivity contribution is 6.33. The fourth-order valence-corrected chi connectivity index (χ4v) is 2.24. The highest BCUT2D eigenvalue weighted by atomic mass is 35.5. The summed E-state index contributed by atoms with van der Waals surface area (Å²) in [5, 5.41) is 0.385. The molecule has 1 aliphatic carbocycles. The molecule has 5 heteroatoms. The summed E-state index contributed by atoms with van der Waals surface area (Å²) < 4.78 is 0. The first kappa shape index (κ1) is 12.3. The number of aromatic nitrogens is 1. The number of rotatable bonds is 4. The third-order valence-electron chi connectivity index (χ3n) is 3.23. The van der Waals surface area contributed by atoms with Crippen LogP contribution in [0, 0.1) is 5.92 Å². The Hall–Kier alpha value is -1.13. The molecule has 0 spiro atoms. The Morgan fingerprint density at radius 3 is 2.94 bits per heavy atom. The van der Waals surface area contributed by atoms with Gasteiger partial charge in [0.2, 0.25) is 0 Å². The largest absolute Gasteiger partial charge is 0.337 e. The Bertz CT molecular complexity index is 420. The number of halogens is 1. The predicted molar refractivity (Wildman–Crippen MR) is 66.9 cm³/mol. The zero-order valence-corrected chi connectivity index (χ0v) is 10.5. The zero-order chi connectivity index (χ0) is 12.4. The lowest BCUT2D eigenvalue weighted by atomic mass is 10.1. The van der Waals surface area contributed by atoms with Gasteiger partial charge in [0.05, 0.1) is 10.6 Å². The van der Waals surface area contributed by atoms with Crippen molar-refractivity contribution in [3.05, 3.63) is 29.0 Å². The smallest absolute Gasteiger partial charge is 0.255 e. The molecule has 1 fully saturated rings. The second kappa shape index (κ2) is 5.02. The number of hydrogen-bond donors (Lipinski definition) is 1. The van der Waals surface area contributed by atoms with E-state index in [1.807, 2.05) is 0 Å². The van der Waals surface area contributed by atoms with E-state index in [2.05, 4.69) is 4.98 Å². The summed E-state index contributed by atoms with van der Waals surface area (Å²) in [7, 11) is 1.79. The lowest BCUT2D eigenvalue weighted by Gasteiger charge is -2.27. The van der Waals surface area contributed by atoms with E-state index >= 15 is 0 Å². The summed E-state index contributed by atoms with van der Waals surface area (Å²) >= 11 is 5.97. The van der Waals surface area contributed by atoms with Crippen molar-refractivity contribution in [2.24, 2.45) is 11.7 Å². The Morgan fingerprint density at radius 2 is 2.41 bits per heavy atom. The highest BCUT2D eigenvalue weighted by Gasteiger charge is 2.35. The van der Waals surface area contributed by atoms with Gasteiger partial charge in [-0.2, -0.15) is 0 Å². The van der Waals surface area contributed by atoms with E-state index in [1.165, 1.54) is 6.20 Å². The molecule has 2 rings (SSSR count). The van der Waals surface area contributed by atoms with E-state index in [-0.39, 0.29) is 11.9 Å². The van der Waals surface area contributed by atoms with Crippen molar-refractivity contribution < 1.29 is 4.79 Å². The van der Waals surface area contributed by atoms with E-state index in [0.29, 0.717) is 23.0 Å². The van der Waals surface area contributed by atoms with Crippen LogP contribution in [0.3, 0.4) is 0 Å². The number of carbonyl (C=O) groups is 1. The standard InChI is InChI=1S/C12H16ClN3O/c1-16(11(6-14)8-2-3-8)12(17)9-4-5-15-7-10(9)13/h4-5,7-8,11H,2-3,6,14H2,1H3. The van der Waals surface area contributed by atoms with Gasteiger partial charge >= 0.3 is 0 Å². The van der Waals surface area contributed by atoms with E-state index in [9.17, 15) is 4.79 Å². The van der Waals surface area contributed by atoms with Crippen LogP contribution in [-0.4, -0.2) is 35.4 Å². The van der Waals surface area contributed by atoms with Crippen LogP contribution in [-0.2, 0) is 0 Å². The number of carbonyl (C=O) groups excluding carboxylic acids is 1. The van der Waals surface area contributed by atoms with Gasteiger partial charge in [-0.3, -0.25) is 9.78 Å². The molecule has 4 nitrogen and oxygen atoms in total. The lowest BCUT2D eigenvalue weighted by Crippen LogP contribution is -2.43. The first-order chi connectivity index (χ1) is 8.15. The van der Waals surface area contributed by atoms with Crippen molar-refractivity contribution in [3.8, 4) is 0 Å². The van der Waals surface area contributed by atoms with E-state index in [1.54, 1.807) is 24.2 Å². The molecule has 1 atom stereocenters. The first-order valence-corrected chi connectivity index (χ1v) is 6.09. The minimum Gasteiger partial charge on any atom is -0.337 e. The van der Waals surface area contributed by atoms with Gasteiger partial charge in [-0.25, -0.2) is 0 Å². The van der Waals surface area contributed by atoms with Crippen LogP contribution < -0.4 is 5.73 Å². The Kier molecular flexibility index (Phi) is 3.64. The van der Waals surface area contributed by atoms with E-state index in [4.69, 9.17) is 17.3 Å². The van der Waals surface area contributed by atoms with Gasteiger partial charge in [-0.15, -0.1) is 0 Å². The SMILES string of the molecule is CN(C(=O)c1ccncc1Cl)C(CN)C1CC1. The summed E-state index contributed by atoms with van der Waals surface area (Å²) in [5.74, 6) is 0.467. The number of nitrogens with two attached hydrogens (primary N) is 1. The normalized spacial score (nSPS) is 16.6. The number of likely N-dealkylation sites (N-methyl/N-ethyl adjacent to an activating group) is 1. The van der Waals surface area contributed by atoms with Crippen LogP contribution in [0.15, 0.2) is 18.5 Å². The topological polar surface area (TPSA) is 59.2 Å². The molecular formula is C12H16ClN3O. The van der Waals surface area contributed by atoms with Crippen LogP contribution >= 0.6 is 11.6 Å². The van der Waals surface area contributed by atoms with Crippen LogP contribution in [0.2, 0.25) is 5.02 Å². The van der Waals surface area contributed by atoms with Gasteiger partial charge < -0.3 is 10.6 Å². The van der Waals surface area contributed by atoms with Crippen molar-refractivity contribution in [1.29, 1.82) is 0 Å². The molecule has 0 bridgehead atoms. The van der Waals surface area contributed by atoms with Crippen molar-refractivity contribution in [3.63, 3.8) is 0 Å². The third kappa shape index (κ3) is 2.58. The lowest BCUT2D eigenvalue weighted by molar-refractivity contribution is 0.0718. The predicted octanol–water partition coefficient (Wildman–Crippen LogP) is 1.54. The fraction of sp³-hybridized carbons (Fsp3) is 0.500. The summed E-state index contributed by atoms with van der Waals surface area (Å²) in [6.07, 6.45) is 5.37. The molecule has 1 saturated carbocycles. The molecule has 0 saturated heterocycles. The van der Waals surface area contributed by atoms with Gasteiger partial charge in [0.25, 0.3) is 5.91 Å². The average Bonchev–Trinajstić information content (AvgIpc) is 3.14. The summed E-state index contributed by atoms with van der Waals surface area (Å²) in [5.41, 5.74) is 6.22. The number of amides is 1. The number of nitrogens with zero attached hydrogens (tertiary/aromatic N) is 2. The second-order valence-electron chi connectivity index (χ2n) is 4.41. The highest BCUT2D eigenvalue weighted by Crippen LogP contribution is 2.35. The average molecular weight is 254 g/mol. The van der Waals surface area contributed by atoms with Gasteiger partial charge in [0.15, 0.2) is 0 Å². The summed E-state index contributed by atoms with van der Waals surface area (Å²) in [6.45, 7) is 0.496. The van der Waals surface area contributed by atoms with Gasteiger partial charge in [-0.1, -0.05) is 11.6 Å². The molecular weight excluding hydrogens is 238 g/mol. The minimum absolute atomic E-state index is 0.0836. The van der Waals surface area contributed by atoms with Crippen molar-refractivity contribution >= 4 is 17.5 Å². The Morgan fingerprint density at radius 1 is 1.71 bits per heavy atom. The maximum Gasteiger partial charge on any atom is 0.255 e. The maximum absolute atomic E-state index is 12.3. The van der Waals surface area contributed by atoms with Crippen LogP contribution in [0.1, 0.15) is 23.2 Å². The van der Waals surface area contributed by atoms with E-state index in [0.717, 1.165) is 12.8 Å². The monoisotopic (exact) mass is 253 g/mol. The first-order valence-electron chi connectivity index (χ1n) is 5.72. The molecule has 1 amide bonds. The molecule has 1 unspecified atom stereocenters. The Balaban J connectivity index is 2.16. The fourth-order valence-electron chi connectivity index (χ4n) is 2.04.